The Bertz CT molecular complexity index is 629. The molecule has 1 atom stereocenters. The third-order valence-corrected chi connectivity index (χ3v) is 6.14. The number of carbonyl (C=O) groups excluding carboxylic acids is 1. The van der Waals surface area contributed by atoms with Gasteiger partial charge in [-0.3, -0.25) is 4.79 Å². The van der Waals surface area contributed by atoms with Crippen molar-refractivity contribution in [2.75, 3.05) is 26.2 Å². The highest BCUT2D eigenvalue weighted by Gasteiger charge is 2.30. The van der Waals surface area contributed by atoms with Crippen molar-refractivity contribution in [1.29, 1.82) is 0 Å². The second kappa shape index (κ2) is 7.07. The van der Waals surface area contributed by atoms with Crippen molar-refractivity contribution in [3.63, 3.8) is 0 Å². The third kappa shape index (κ3) is 4.18. The molecular weight excluding hydrogens is 330 g/mol. The van der Waals surface area contributed by atoms with Gasteiger partial charge in [-0.1, -0.05) is 6.07 Å². The van der Waals surface area contributed by atoms with E-state index in [0.717, 1.165) is 11.3 Å². The Labute approximate surface area is 132 Å². The van der Waals surface area contributed by atoms with Crippen LogP contribution in [0, 0.1) is 5.92 Å². The average Bonchev–Trinajstić information content (AvgIpc) is 3.13. The van der Waals surface area contributed by atoms with Crippen LogP contribution < -0.4 is 10.0 Å². The van der Waals surface area contributed by atoms with Gasteiger partial charge in [0.25, 0.3) is 0 Å². The molecule has 1 unspecified atom stereocenters. The van der Waals surface area contributed by atoms with Crippen LogP contribution in [0.5, 0.6) is 0 Å². The van der Waals surface area contributed by atoms with E-state index < -0.39 is 21.9 Å². The smallest absolute Gasteiger partial charge is 0.317 e. The van der Waals surface area contributed by atoms with Gasteiger partial charge in [-0.05, 0) is 17.9 Å². The zero-order chi connectivity index (χ0) is 16.2. The van der Waals surface area contributed by atoms with Crippen molar-refractivity contribution in [2.45, 2.75) is 10.6 Å². The predicted octanol–water partition coefficient (Wildman–Crippen LogP) is 0.143. The maximum absolute atomic E-state index is 11.8. The van der Waals surface area contributed by atoms with Crippen LogP contribution in [0.25, 0.3) is 0 Å². The fourth-order valence-electron chi connectivity index (χ4n) is 2.10. The largest absolute Gasteiger partial charge is 0.481 e. The standard InChI is InChI=1S/C12H17N3O5S2/c16-11(17)9-3-6-15(8-9)12(18)13-4-5-14-22(19,20)10-2-1-7-21-10/h1-2,7,9,14H,3-6,8H2,(H,13,18)(H,16,17). The van der Waals surface area contributed by atoms with Crippen molar-refractivity contribution in [3.05, 3.63) is 17.5 Å². The molecule has 1 saturated heterocycles. The lowest BCUT2D eigenvalue weighted by Gasteiger charge is -2.16. The van der Waals surface area contributed by atoms with E-state index in [9.17, 15) is 18.0 Å². The summed E-state index contributed by atoms with van der Waals surface area (Å²) in [6.45, 7) is 0.783. The van der Waals surface area contributed by atoms with E-state index in [-0.39, 0.29) is 29.9 Å². The molecule has 1 fully saturated rings. The Morgan fingerprint density at radius 1 is 1.41 bits per heavy atom. The van der Waals surface area contributed by atoms with Gasteiger partial charge in [-0.25, -0.2) is 17.9 Å². The van der Waals surface area contributed by atoms with E-state index >= 15 is 0 Å². The van der Waals surface area contributed by atoms with Gasteiger partial charge >= 0.3 is 12.0 Å². The Balaban J connectivity index is 1.71. The summed E-state index contributed by atoms with van der Waals surface area (Å²) in [6, 6.07) is 2.77. The number of hydrogen-bond donors (Lipinski definition) is 3. The molecule has 22 heavy (non-hydrogen) atoms. The number of nitrogens with one attached hydrogen (secondary N) is 2. The third-order valence-electron chi connectivity index (χ3n) is 3.28. The van der Waals surface area contributed by atoms with Gasteiger partial charge in [0.05, 0.1) is 5.92 Å². The number of aliphatic carboxylic acids is 1. The summed E-state index contributed by atoms with van der Waals surface area (Å²) in [5, 5.41) is 13.1. The Morgan fingerprint density at radius 2 is 2.18 bits per heavy atom. The minimum Gasteiger partial charge on any atom is -0.481 e. The monoisotopic (exact) mass is 347 g/mol. The summed E-state index contributed by atoms with van der Waals surface area (Å²) < 4.78 is 26.3. The van der Waals surface area contributed by atoms with Crippen molar-refractivity contribution >= 4 is 33.4 Å². The molecule has 1 aromatic heterocycles. The number of urea groups is 1. The quantitative estimate of drug-likeness (QED) is 0.633. The maximum atomic E-state index is 11.8. The van der Waals surface area contributed by atoms with Gasteiger partial charge in [0.2, 0.25) is 10.0 Å². The molecule has 0 saturated carbocycles. The van der Waals surface area contributed by atoms with Gasteiger partial charge in [0.15, 0.2) is 0 Å². The molecular formula is C12H17N3O5S2. The number of carboxylic acids is 1. The molecule has 2 rings (SSSR count). The molecule has 0 radical (unpaired) electrons. The number of rotatable bonds is 6. The number of sulfonamides is 1. The fraction of sp³-hybridized carbons (Fsp3) is 0.500. The molecule has 0 aromatic carbocycles. The van der Waals surface area contributed by atoms with Crippen LogP contribution in [0.3, 0.4) is 0 Å². The van der Waals surface area contributed by atoms with Gasteiger partial charge in [0, 0.05) is 26.2 Å². The molecule has 122 valence electrons. The van der Waals surface area contributed by atoms with E-state index in [1.807, 2.05) is 0 Å². The number of amides is 2. The van der Waals surface area contributed by atoms with Crippen LogP contribution in [-0.2, 0) is 14.8 Å². The minimum absolute atomic E-state index is 0.0716. The fourth-order valence-corrected chi connectivity index (χ4v) is 4.17. The molecule has 2 heterocycles. The highest BCUT2D eigenvalue weighted by Crippen LogP contribution is 2.16. The lowest BCUT2D eigenvalue weighted by atomic mass is 10.1. The maximum Gasteiger partial charge on any atom is 0.317 e. The molecule has 0 aliphatic carbocycles. The molecule has 2 amide bonds. The summed E-state index contributed by atoms with van der Waals surface area (Å²) in [6.07, 6.45) is 0.438. The van der Waals surface area contributed by atoms with Crippen molar-refractivity contribution < 1.29 is 23.1 Å². The number of nitrogens with zero attached hydrogens (tertiary/aromatic N) is 1. The summed E-state index contributed by atoms with van der Waals surface area (Å²) in [5.41, 5.74) is 0. The van der Waals surface area contributed by atoms with Crippen LogP contribution in [0.2, 0.25) is 0 Å². The highest BCUT2D eigenvalue weighted by atomic mass is 32.2. The summed E-state index contributed by atoms with van der Waals surface area (Å²) >= 11 is 1.12. The SMILES string of the molecule is O=C(O)C1CCN(C(=O)NCCNS(=O)(=O)c2cccs2)C1. The molecule has 8 nitrogen and oxygen atoms in total. The van der Waals surface area contributed by atoms with Crippen LogP contribution in [-0.4, -0.2) is 56.6 Å². The number of likely N-dealkylation sites (tertiary alicyclic amines) is 1. The van der Waals surface area contributed by atoms with E-state index in [0.29, 0.717) is 13.0 Å². The molecule has 10 heteroatoms. The molecule has 0 bridgehead atoms. The first-order valence-corrected chi connectivity index (χ1v) is 9.05. The Kier molecular flexibility index (Phi) is 5.37. The first-order valence-electron chi connectivity index (χ1n) is 6.69. The lowest BCUT2D eigenvalue weighted by molar-refractivity contribution is -0.141. The first-order chi connectivity index (χ1) is 10.4. The second-order valence-electron chi connectivity index (χ2n) is 4.83. The predicted molar refractivity (Wildman–Crippen MR) is 80.2 cm³/mol. The molecule has 1 aliphatic rings. The van der Waals surface area contributed by atoms with Gasteiger partial charge < -0.3 is 15.3 Å². The molecule has 0 spiro atoms. The zero-order valence-corrected chi connectivity index (χ0v) is 13.3. The van der Waals surface area contributed by atoms with Crippen molar-refractivity contribution in [1.82, 2.24) is 14.9 Å². The molecule has 1 aromatic rings. The average molecular weight is 347 g/mol. The summed E-state index contributed by atoms with van der Waals surface area (Å²) in [4.78, 5) is 24.1. The zero-order valence-electron chi connectivity index (χ0n) is 11.7. The van der Waals surface area contributed by atoms with Crippen LogP contribution >= 0.6 is 11.3 Å². The second-order valence-corrected chi connectivity index (χ2v) is 7.77. The van der Waals surface area contributed by atoms with Crippen LogP contribution in [0.15, 0.2) is 21.7 Å². The van der Waals surface area contributed by atoms with Gasteiger partial charge in [-0.2, -0.15) is 0 Å². The van der Waals surface area contributed by atoms with Crippen LogP contribution in [0.1, 0.15) is 6.42 Å². The molecule has 1 aliphatic heterocycles. The van der Waals surface area contributed by atoms with Crippen molar-refractivity contribution in [2.24, 2.45) is 5.92 Å². The number of carboxylic acid groups (broad SMARTS) is 1. The number of carbonyl (C=O) groups is 2. The van der Waals surface area contributed by atoms with Crippen LogP contribution in [0.4, 0.5) is 4.79 Å². The van der Waals surface area contributed by atoms with Gasteiger partial charge in [0.1, 0.15) is 4.21 Å². The Hall–Kier alpha value is -1.65. The number of hydrogen-bond acceptors (Lipinski definition) is 5. The van der Waals surface area contributed by atoms with E-state index in [2.05, 4.69) is 10.0 Å². The summed E-state index contributed by atoms with van der Waals surface area (Å²) in [5.74, 6) is -1.43. The number of thiophene rings is 1. The minimum atomic E-state index is -3.53. The Morgan fingerprint density at radius 3 is 2.77 bits per heavy atom. The molecule has 3 N–H and O–H groups in total. The first kappa shape index (κ1) is 16.7. The highest BCUT2D eigenvalue weighted by molar-refractivity contribution is 7.91. The van der Waals surface area contributed by atoms with Gasteiger partial charge in [-0.15, -0.1) is 11.3 Å². The normalized spacial score (nSPS) is 18.4. The topological polar surface area (TPSA) is 116 Å². The van der Waals surface area contributed by atoms with E-state index in [4.69, 9.17) is 5.11 Å². The van der Waals surface area contributed by atoms with Crippen molar-refractivity contribution in [3.8, 4) is 0 Å². The lowest BCUT2D eigenvalue weighted by Crippen LogP contribution is -2.42. The van der Waals surface area contributed by atoms with E-state index in [1.54, 1.807) is 11.4 Å². The summed E-state index contributed by atoms with van der Waals surface area (Å²) in [7, 11) is -3.53. The van der Waals surface area contributed by atoms with E-state index in [1.165, 1.54) is 11.0 Å².